The summed E-state index contributed by atoms with van der Waals surface area (Å²) in [6.45, 7) is 2.99. The highest BCUT2D eigenvalue weighted by Crippen LogP contribution is 2.20. The van der Waals surface area contributed by atoms with Gasteiger partial charge in [0.2, 0.25) is 0 Å². The van der Waals surface area contributed by atoms with Gasteiger partial charge in [-0.1, -0.05) is 35.3 Å². The molecule has 0 aliphatic rings. The van der Waals surface area contributed by atoms with E-state index in [1.807, 2.05) is 6.92 Å². The lowest BCUT2D eigenvalue weighted by molar-refractivity contribution is -0.155. The van der Waals surface area contributed by atoms with Crippen LogP contribution in [0, 0.1) is 6.92 Å². The van der Waals surface area contributed by atoms with Crippen molar-refractivity contribution in [3.8, 4) is 5.75 Å². The number of anilines is 1. The zero-order valence-electron chi connectivity index (χ0n) is 13.7. The van der Waals surface area contributed by atoms with E-state index >= 15 is 0 Å². The summed E-state index contributed by atoms with van der Waals surface area (Å²) in [7, 11) is 0. The summed E-state index contributed by atoms with van der Waals surface area (Å²) in [6.07, 6.45) is -0.978. The fraction of sp³-hybridized carbons (Fsp3) is 0.222. The van der Waals surface area contributed by atoms with Crippen LogP contribution in [0.3, 0.4) is 0 Å². The molecule has 0 fully saturated rings. The van der Waals surface area contributed by atoms with Crippen LogP contribution < -0.4 is 10.1 Å². The number of carbonyl (C=O) groups excluding carboxylic acids is 2. The van der Waals surface area contributed by atoms with Gasteiger partial charge in [0.1, 0.15) is 5.75 Å². The Hall–Kier alpha value is -2.24. The van der Waals surface area contributed by atoms with Gasteiger partial charge < -0.3 is 14.8 Å². The van der Waals surface area contributed by atoms with Crippen molar-refractivity contribution < 1.29 is 19.1 Å². The van der Waals surface area contributed by atoms with Crippen molar-refractivity contribution in [2.45, 2.75) is 20.0 Å². The van der Waals surface area contributed by atoms with Crippen molar-refractivity contribution in [2.24, 2.45) is 0 Å². The topological polar surface area (TPSA) is 64.6 Å². The van der Waals surface area contributed by atoms with Gasteiger partial charge in [-0.15, -0.1) is 0 Å². The molecule has 2 rings (SSSR count). The molecule has 0 saturated heterocycles. The molecule has 0 radical (unpaired) electrons. The molecule has 1 amide bonds. The fourth-order valence-corrected chi connectivity index (χ4v) is 2.30. The minimum absolute atomic E-state index is 0.325. The van der Waals surface area contributed by atoms with Crippen LogP contribution >= 0.6 is 23.2 Å². The van der Waals surface area contributed by atoms with Gasteiger partial charge in [0, 0.05) is 15.7 Å². The third-order valence-electron chi connectivity index (χ3n) is 3.29. The third kappa shape index (κ3) is 5.96. The number of ether oxygens (including phenoxy) is 2. The lowest BCUT2D eigenvalue weighted by Crippen LogP contribution is -2.31. The molecule has 0 aromatic heterocycles. The normalized spacial score (nSPS) is 11.5. The highest BCUT2D eigenvalue weighted by atomic mass is 35.5. The predicted molar refractivity (Wildman–Crippen MR) is 97.3 cm³/mol. The molecule has 0 spiro atoms. The maximum Gasteiger partial charge on any atom is 0.344 e. The number of carbonyl (C=O) groups is 2. The average Bonchev–Trinajstić information content (AvgIpc) is 2.56. The molecule has 0 aliphatic carbocycles. The number of nitrogens with one attached hydrogen (secondary N) is 1. The predicted octanol–water partition coefficient (Wildman–Crippen LogP) is 4.25. The van der Waals surface area contributed by atoms with E-state index in [1.165, 1.54) is 6.92 Å². The molecule has 132 valence electrons. The summed E-state index contributed by atoms with van der Waals surface area (Å²) in [5.41, 5.74) is 1.41. The maximum absolute atomic E-state index is 12.1. The van der Waals surface area contributed by atoms with Crippen LogP contribution in [-0.4, -0.2) is 24.6 Å². The summed E-state index contributed by atoms with van der Waals surface area (Å²) in [5, 5.41) is 3.67. The Labute approximate surface area is 155 Å². The SMILES string of the molecule is Cc1ccc(Cl)cc1NC(=O)[C@H](C)OC(=O)COc1cccc(Cl)c1. The van der Waals surface area contributed by atoms with E-state index in [9.17, 15) is 9.59 Å². The van der Waals surface area contributed by atoms with Crippen LogP contribution in [0.5, 0.6) is 5.75 Å². The zero-order valence-corrected chi connectivity index (χ0v) is 15.2. The minimum atomic E-state index is -0.978. The number of rotatable bonds is 6. The second-order valence-electron chi connectivity index (χ2n) is 5.33. The maximum atomic E-state index is 12.1. The molecule has 2 aromatic rings. The van der Waals surface area contributed by atoms with Crippen LogP contribution in [0.2, 0.25) is 10.0 Å². The lowest BCUT2D eigenvalue weighted by atomic mass is 10.2. The monoisotopic (exact) mass is 381 g/mol. The second kappa shape index (κ2) is 8.74. The summed E-state index contributed by atoms with van der Waals surface area (Å²) >= 11 is 11.7. The van der Waals surface area contributed by atoms with Gasteiger partial charge >= 0.3 is 5.97 Å². The Balaban J connectivity index is 1.85. The Morgan fingerprint density at radius 1 is 1.12 bits per heavy atom. The summed E-state index contributed by atoms with van der Waals surface area (Å²) < 4.78 is 10.3. The van der Waals surface area contributed by atoms with Crippen LogP contribution in [0.4, 0.5) is 5.69 Å². The van der Waals surface area contributed by atoms with Crippen LogP contribution in [0.1, 0.15) is 12.5 Å². The zero-order chi connectivity index (χ0) is 18.4. The van der Waals surface area contributed by atoms with E-state index in [-0.39, 0.29) is 6.61 Å². The number of benzene rings is 2. The number of amides is 1. The van der Waals surface area contributed by atoms with Gasteiger partial charge in [-0.25, -0.2) is 4.79 Å². The Kier molecular flexibility index (Phi) is 6.67. The van der Waals surface area contributed by atoms with E-state index in [1.54, 1.807) is 42.5 Å². The Morgan fingerprint density at radius 3 is 2.56 bits per heavy atom. The smallest absolute Gasteiger partial charge is 0.344 e. The van der Waals surface area contributed by atoms with E-state index < -0.39 is 18.0 Å². The van der Waals surface area contributed by atoms with Gasteiger partial charge in [-0.2, -0.15) is 0 Å². The number of halogens is 2. The number of esters is 1. The Morgan fingerprint density at radius 2 is 1.84 bits per heavy atom. The van der Waals surface area contributed by atoms with Crippen molar-refractivity contribution >= 4 is 40.8 Å². The summed E-state index contributed by atoms with van der Waals surface area (Å²) in [4.78, 5) is 23.9. The quantitative estimate of drug-likeness (QED) is 0.759. The molecule has 5 nitrogen and oxygen atoms in total. The third-order valence-corrected chi connectivity index (χ3v) is 3.76. The van der Waals surface area contributed by atoms with Crippen LogP contribution in [-0.2, 0) is 14.3 Å². The first-order valence-electron chi connectivity index (χ1n) is 7.50. The number of hydrogen-bond acceptors (Lipinski definition) is 4. The molecule has 0 unspecified atom stereocenters. The molecule has 0 aliphatic heterocycles. The molecule has 1 N–H and O–H groups in total. The van der Waals surface area contributed by atoms with Gasteiger partial charge in [0.15, 0.2) is 12.7 Å². The largest absolute Gasteiger partial charge is 0.482 e. The molecule has 0 saturated carbocycles. The molecule has 25 heavy (non-hydrogen) atoms. The van der Waals surface area contributed by atoms with Crippen molar-refractivity contribution in [3.63, 3.8) is 0 Å². The van der Waals surface area contributed by atoms with Crippen LogP contribution in [0.25, 0.3) is 0 Å². The molecule has 1 atom stereocenters. The standard InChI is InChI=1S/C18H17Cl2NO4/c1-11-6-7-14(20)9-16(11)21-18(23)12(2)25-17(22)10-24-15-5-3-4-13(19)8-15/h3-9,12H,10H2,1-2H3,(H,21,23)/t12-/m0/s1. The number of aryl methyl sites for hydroxylation is 1. The lowest BCUT2D eigenvalue weighted by Gasteiger charge is -2.15. The fourth-order valence-electron chi connectivity index (χ4n) is 1.95. The average molecular weight is 382 g/mol. The first-order chi connectivity index (χ1) is 11.8. The summed E-state index contributed by atoms with van der Waals surface area (Å²) in [6, 6.07) is 11.8. The Bertz CT molecular complexity index is 779. The van der Waals surface area contributed by atoms with E-state index in [0.717, 1.165) is 5.56 Å². The highest BCUT2D eigenvalue weighted by Gasteiger charge is 2.19. The van der Waals surface area contributed by atoms with Gasteiger partial charge in [-0.3, -0.25) is 4.79 Å². The van der Waals surface area contributed by atoms with Crippen molar-refractivity contribution in [1.82, 2.24) is 0 Å². The summed E-state index contributed by atoms with van der Waals surface area (Å²) in [5.74, 6) is -0.678. The van der Waals surface area contributed by atoms with Crippen molar-refractivity contribution in [2.75, 3.05) is 11.9 Å². The molecule has 7 heteroatoms. The minimum Gasteiger partial charge on any atom is -0.482 e. The molecule has 0 bridgehead atoms. The van der Waals surface area contributed by atoms with Gasteiger partial charge in [0.25, 0.3) is 5.91 Å². The van der Waals surface area contributed by atoms with Gasteiger partial charge in [0.05, 0.1) is 0 Å². The van der Waals surface area contributed by atoms with Crippen LogP contribution in [0.15, 0.2) is 42.5 Å². The van der Waals surface area contributed by atoms with E-state index in [2.05, 4.69) is 5.32 Å². The molecule has 2 aromatic carbocycles. The molecule has 0 heterocycles. The first kappa shape index (κ1) is 19.1. The second-order valence-corrected chi connectivity index (χ2v) is 6.20. The van der Waals surface area contributed by atoms with Gasteiger partial charge in [-0.05, 0) is 49.7 Å². The van der Waals surface area contributed by atoms with E-state index in [4.69, 9.17) is 32.7 Å². The number of hydrogen-bond donors (Lipinski definition) is 1. The van der Waals surface area contributed by atoms with Crippen molar-refractivity contribution in [1.29, 1.82) is 0 Å². The van der Waals surface area contributed by atoms with Crippen molar-refractivity contribution in [3.05, 3.63) is 58.1 Å². The highest BCUT2D eigenvalue weighted by molar-refractivity contribution is 6.31. The first-order valence-corrected chi connectivity index (χ1v) is 8.25. The molecular formula is C18H17Cl2NO4. The molecular weight excluding hydrogens is 365 g/mol. The van der Waals surface area contributed by atoms with E-state index in [0.29, 0.717) is 21.5 Å².